The van der Waals surface area contributed by atoms with E-state index in [-0.39, 0.29) is 11.5 Å². The number of hydrogen-bond acceptors (Lipinski definition) is 4. The summed E-state index contributed by atoms with van der Waals surface area (Å²) in [7, 11) is 1.85. The molecule has 1 amide bonds. The number of primary amides is 1. The summed E-state index contributed by atoms with van der Waals surface area (Å²) in [6.07, 6.45) is 6.23. The Labute approximate surface area is 161 Å². The number of fused-ring (bicyclic) bond motifs is 2. The molecule has 1 aromatic rings. The molecule has 2 bridgehead atoms. The van der Waals surface area contributed by atoms with Gasteiger partial charge in [-0.15, -0.1) is 0 Å². The Bertz CT molecular complexity index is 723. The molecular formula is C22H30N2O3. The molecule has 0 aromatic heterocycles. The lowest BCUT2D eigenvalue weighted by Crippen LogP contribution is -2.66. The van der Waals surface area contributed by atoms with Crippen LogP contribution in [-0.4, -0.2) is 50.3 Å². The molecule has 5 nitrogen and oxygen atoms in total. The molecule has 0 unspecified atom stereocenters. The van der Waals surface area contributed by atoms with Crippen molar-refractivity contribution in [2.24, 2.45) is 23.0 Å². The fourth-order valence-corrected chi connectivity index (χ4v) is 6.43. The van der Waals surface area contributed by atoms with Crippen LogP contribution in [0.25, 0.3) is 0 Å². The summed E-state index contributed by atoms with van der Waals surface area (Å²) in [6.45, 7) is 4.11. The van der Waals surface area contributed by atoms with Gasteiger partial charge in [0.15, 0.2) is 0 Å². The lowest BCUT2D eigenvalue weighted by Gasteiger charge is -2.61. The molecule has 5 heteroatoms. The normalized spacial score (nSPS) is 35.4. The maximum absolute atomic E-state index is 11.7. The van der Waals surface area contributed by atoms with Crippen molar-refractivity contribution in [2.75, 3.05) is 33.4 Å². The molecule has 1 spiro atoms. The number of hydrogen-bond donors (Lipinski definition) is 1. The van der Waals surface area contributed by atoms with Gasteiger partial charge in [-0.05, 0) is 43.4 Å². The topological polar surface area (TPSA) is 64.8 Å². The zero-order chi connectivity index (χ0) is 18.6. The van der Waals surface area contributed by atoms with E-state index in [2.05, 4.69) is 11.0 Å². The van der Waals surface area contributed by atoms with Crippen molar-refractivity contribution in [3.05, 3.63) is 35.4 Å². The Kier molecular flexibility index (Phi) is 4.12. The largest absolute Gasteiger partial charge is 0.380 e. The minimum absolute atomic E-state index is 0.290. The van der Waals surface area contributed by atoms with Crippen molar-refractivity contribution < 1.29 is 14.3 Å². The van der Waals surface area contributed by atoms with Gasteiger partial charge in [0.05, 0.1) is 13.2 Å². The van der Waals surface area contributed by atoms with Crippen molar-refractivity contribution >= 4 is 5.91 Å². The smallest absolute Gasteiger partial charge is 0.248 e. The van der Waals surface area contributed by atoms with Crippen molar-refractivity contribution in [2.45, 2.75) is 43.7 Å². The van der Waals surface area contributed by atoms with E-state index in [0.29, 0.717) is 28.9 Å². The summed E-state index contributed by atoms with van der Waals surface area (Å²) in [5.74, 6) is 0.563. The van der Waals surface area contributed by atoms with Gasteiger partial charge in [0.1, 0.15) is 5.60 Å². The van der Waals surface area contributed by atoms with Crippen molar-refractivity contribution in [1.82, 2.24) is 4.90 Å². The van der Waals surface area contributed by atoms with E-state index in [9.17, 15) is 4.79 Å². The fourth-order valence-electron chi connectivity index (χ4n) is 6.43. The molecule has 3 atom stereocenters. The summed E-state index contributed by atoms with van der Waals surface area (Å²) in [6, 6.07) is 8.56. The van der Waals surface area contributed by atoms with Gasteiger partial charge < -0.3 is 15.2 Å². The zero-order valence-electron chi connectivity index (χ0n) is 16.2. The van der Waals surface area contributed by atoms with Gasteiger partial charge >= 0.3 is 0 Å². The molecule has 5 rings (SSSR count). The molecule has 2 saturated carbocycles. The maximum Gasteiger partial charge on any atom is 0.248 e. The maximum atomic E-state index is 11.7. The number of amides is 1. The molecule has 27 heavy (non-hydrogen) atoms. The molecule has 2 aliphatic carbocycles. The van der Waals surface area contributed by atoms with E-state index in [1.54, 1.807) is 6.07 Å². The fraction of sp³-hybridized carbons (Fsp3) is 0.682. The van der Waals surface area contributed by atoms with Gasteiger partial charge in [-0.1, -0.05) is 18.6 Å². The van der Waals surface area contributed by atoms with Crippen LogP contribution in [0.4, 0.5) is 0 Å². The van der Waals surface area contributed by atoms with Crippen molar-refractivity contribution in [3.8, 4) is 0 Å². The second-order valence-electron chi connectivity index (χ2n) is 9.28. The molecule has 4 fully saturated rings. The van der Waals surface area contributed by atoms with Crippen LogP contribution < -0.4 is 5.73 Å². The summed E-state index contributed by atoms with van der Waals surface area (Å²) in [5.41, 5.74) is 7.47. The van der Waals surface area contributed by atoms with E-state index in [4.69, 9.17) is 15.2 Å². The van der Waals surface area contributed by atoms with Crippen LogP contribution in [0, 0.1) is 17.3 Å². The molecule has 146 valence electrons. The van der Waals surface area contributed by atoms with Crippen LogP contribution >= 0.6 is 0 Å². The number of nitrogens with zero attached hydrogens (tertiary/aromatic N) is 1. The summed E-state index contributed by atoms with van der Waals surface area (Å²) < 4.78 is 11.8. The van der Waals surface area contributed by atoms with Gasteiger partial charge in [-0.2, -0.15) is 0 Å². The molecule has 2 aliphatic heterocycles. The number of rotatable bonds is 4. The summed E-state index contributed by atoms with van der Waals surface area (Å²) >= 11 is 0. The molecular weight excluding hydrogens is 340 g/mol. The van der Waals surface area contributed by atoms with E-state index in [1.165, 1.54) is 32.1 Å². The van der Waals surface area contributed by atoms with E-state index in [1.807, 2.05) is 19.2 Å². The molecule has 4 aliphatic rings. The second-order valence-corrected chi connectivity index (χ2v) is 9.28. The minimum atomic E-state index is -0.367. The van der Waals surface area contributed by atoms with E-state index < -0.39 is 0 Å². The first-order valence-corrected chi connectivity index (χ1v) is 10.3. The zero-order valence-corrected chi connectivity index (χ0v) is 16.2. The molecule has 2 N–H and O–H groups in total. The lowest BCUT2D eigenvalue weighted by atomic mass is 9.59. The van der Waals surface area contributed by atoms with Crippen molar-refractivity contribution in [1.29, 1.82) is 0 Å². The Morgan fingerprint density at radius 1 is 1.22 bits per heavy atom. The Morgan fingerprint density at radius 2 is 1.93 bits per heavy atom. The summed E-state index contributed by atoms with van der Waals surface area (Å²) in [4.78, 5) is 14.5. The van der Waals surface area contributed by atoms with Gasteiger partial charge in [0.25, 0.3) is 0 Å². The van der Waals surface area contributed by atoms with Gasteiger partial charge in [0.2, 0.25) is 5.91 Å². The first kappa shape index (κ1) is 17.7. The number of nitrogens with two attached hydrogens (primary N) is 1. The highest BCUT2D eigenvalue weighted by Crippen LogP contribution is 2.55. The predicted octanol–water partition coefficient (Wildman–Crippen LogP) is 2.54. The number of carbonyl (C=O) groups excluding carboxylic acids is 1. The predicted molar refractivity (Wildman–Crippen MR) is 102 cm³/mol. The van der Waals surface area contributed by atoms with Crippen LogP contribution in [-0.2, 0) is 15.1 Å². The highest BCUT2D eigenvalue weighted by Gasteiger charge is 2.57. The monoisotopic (exact) mass is 370 g/mol. The third-order valence-electron chi connectivity index (χ3n) is 7.83. The third kappa shape index (κ3) is 2.59. The summed E-state index contributed by atoms with van der Waals surface area (Å²) in [5, 5.41) is 0. The Morgan fingerprint density at radius 3 is 2.48 bits per heavy atom. The van der Waals surface area contributed by atoms with E-state index >= 15 is 0 Å². The number of carbonyl (C=O) groups is 1. The average Bonchev–Trinajstić information content (AvgIpc) is 2.58. The molecule has 2 heterocycles. The van der Waals surface area contributed by atoms with Gasteiger partial charge in [-0.25, -0.2) is 0 Å². The minimum Gasteiger partial charge on any atom is -0.380 e. The van der Waals surface area contributed by atoms with Crippen molar-refractivity contribution in [3.63, 3.8) is 0 Å². The molecule has 1 aromatic carbocycles. The molecule has 0 radical (unpaired) electrons. The van der Waals surface area contributed by atoms with Gasteiger partial charge in [0, 0.05) is 49.1 Å². The number of likely N-dealkylation sites (tertiary alicyclic amines) is 1. The Balaban J connectivity index is 1.42. The SMILES string of the molecule is CO[C@@]1(c2cccc(C(N)=O)c2)[C@@H]2CCC[C@H]1CN(C1CC3(COC3)C1)C2. The first-order valence-electron chi connectivity index (χ1n) is 10.3. The quantitative estimate of drug-likeness (QED) is 0.885. The van der Waals surface area contributed by atoms with Gasteiger partial charge in [-0.3, -0.25) is 9.69 Å². The number of benzene rings is 1. The highest BCUT2D eigenvalue weighted by atomic mass is 16.5. The standard InChI is InChI=1S/C22H30N2O3/c1-26-22(16-5-2-4-15(8-16)20(23)25)17-6-3-7-18(22)12-24(11-17)19-9-21(10-19)13-27-14-21/h2,4-5,8,17-19H,3,6-7,9-14H2,1H3,(H2,23,25)/t17-,18+,22+. The number of methoxy groups -OCH3 is 1. The lowest BCUT2D eigenvalue weighted by molar-refractivity contribution is -0.215. The van der Waals surface area contributed by atoms with Crippen LogP contribution in [0.3, 0.4) is 0 Å². The van der Waals surface area contributed by atoms with Crippen LogP contribution in [0.5, 0.6) is 0 Å². The van der Waals surface area contributed by atoms with Crippen LogP contribution in [0.2, 0.25) is 0 Å². The van der Waals surface area contributed by atoms with Crippen LogP contribution in [0.1, 0.15) is 48.0 Å². The average molecular weight is 370 g/mol. The highest BCUT2D eigenvalue weighted by molar-refractivity contribution is 5.92. The Hall–Kier alpha value is -1.43. The molecule has 2 saturated heterocycles. The number of piperidine rings is 1. The first-order chi connectivity index (χ1) is 13.1. The second kappa shape index (κ2) is 6.29. The van der Waals surface area contributed by atoms with E-state index in [0.717, 1.165) is 31.9 Å². The number of ether oxygens (including phenoxy) is 2. The van der Waals surface area contributed by atoms with Crippen LogP contribution in [0.15, 0.2) is 24.3 Å². The third-order valence-corrected chi connectivity index (χ3v) is 7.83.